The summed E-state index contributed by atoms with van der Waals surface area (Å²) in [5, 5.41) is 0.311. The van der Waals surface area contributed by atoms with Crippen LogP contribution in [-0.2, 0) is 19.5 Å². The summed E-state index contributed by atoms with van der Waals surface area (Å²) in [6, 6.07) is 2.75. The maximum absolute atomic E-state index is 12.2. The molecule has 0 bridgehead atoms. The van der Waals surface area contributed by atoms with Crippen LogP contribution in [0.15, 0.2) is 17.0 Å². The van der Waals surface area contributed by atoms with Crippen molar-refractivity contribution in [3.8, 4) is 0 Å². The highest BCUT2D eigenvalue weighted by atomic mass is 35.5. The zero-order valence-electron chi connectivity index (χ0n) is 11.6. The Morgan fingerprint density at radius 1 is 1.40 bits per heavy atom. The van der Waals surface area contributed by atoms with E-state index in [-0.39, 0.29) is 24.2 Å². The molecule has 0 radical (unpaired) electrons. The van der Waals surface area contributed by atoms with Gasteiger partial charge in [0.05, 0.1) is 17.6 Å². The normalized spacial score (nSPS) is 13.4. The zero-order valence-corrected chi connectivity index (χ0v) is 13.2. The fourth-order valence-electron chi connectivity index (χ4n) is 1.51. The number of sulfonamides is 1. The standard InChI is InChI=1S/C12H19ClN2O4S/c1-8-11(13)4-10(5-12(8)14)20(16,17)15-6-9(19-3)7-18-2/h4-5,9,15H,6-7,14H2,1-3H3. The Morgan fingerprint density at radius 3 is 2.55 bits per heavy atom. The van der Waals surface area contributed by atoms with E-state index in [4.69, 9.17) is 26.8 Å². The third-order valence-electron chi connectivity index (χ3n) is 2.86. The average molecular weight is 323 g/mol. The van der Waals surface area contributed by atoms with Gasteiger partial charge in [-0.15, -0.1) is 0 Å². The molecule has 3 N–H and O–H groups in total. The van der Waals surface area contributed by atoms with Gasteiger partial charge in [-0.05, 0) is 24.6 Å². The molecule has 20 heavy (non-hydrogen) atoms. The van der Waals surface area contributed by atoms with Crippen LogP contribution in [0.25, 0.3) is 0 Å². The van der Waals surface area contributed by atoms with Crippen LogP contribution in [0, 0.1) is 6.92 Å². The first kappa shape index (κ1) is 17.2. The van der Waals surface area contributed by atoms with Gasteiger partial charge in [-0.25, -0.2) is 13.1 Å². The van der Waals surface area contributed by atoms with Gasteiger partial charge < -0.3 is 15.2 Å². The number of halogens is 1. The SMILES string of the molecule is COCC(CNS(=O)(=O)c1cc(N)c(C)c(Cl)c1)OC. The first-order chi connectivity index (χ1) is 9.31. The van der Waals surface area contributed by atoms with Gasteiger partial charge in [0.1, 0.15) is 0 Å². The highest BCUT2D eigenvalue weighted by Gasteiger charge is 2.18. The summed E-state index contributed by atoms with van der Waals surface area (Å²) in [5.74, 6) is 0. The van der Waals surface area contributed by atoms with Gasteiger partial charge in [0.15, 0.2) is 0 Å². The topological polar surface area (TPSA) is 90.7 Å². The quantitative estimate of drug-likeness (QED) is 0.735. The van der Waals surface area contributed by atoms with Gasteiger partial charge in [-0.1, -0.05) is 11.6 Å². The van der Waals surface area contributed by atoms with Crippen LogP contribution in [-0.4, -0.2) is 41.9 Å². The second kappa shape index (κ2) is 7.24. The molecular formula is C12H19ClN2O4S. The first-order valence-electron chi connectivity index (χ1n) is 5.88. The molecule has 0 saturated carbocycles. The molecule has 1 unspecified atom stereocenters. The van der Waals surface area contributed by atoms with Crippen LogP contribution in [0.4, 0.5) is 5.69 Å². The van der Waals surface area contributed by atoms with E-state index >= 15 is 0 Å². The maximum Gasteiger partial charge on any atom is 0.240 e. The molecule has 0 amide bonds. The predicted octanol–water partition coefficient (Wildman–Crippen LogP) is 1.17. The van der Waals surface area contributed by atoms with Crippen molar-refractivity contribution < 1.29 is 17.9 Å². The molecule has 0 aliphatic rings. The minimum absolute atomic E-state index is 0.0258. The molecule has 0 aromatic heterocycles. The van der Waals surface area contributed by atoms with Crippen LogP contribution >= 0.6 is 11.6 Å². The van der Waals surface area contributed by atoms with Crippen LogP contribution in [0.2, 0.25) is 5.02 Å². The number of nitrogen functional groups attached to an aromatic ring is 1. The Morgan fingerprint density at radius 2 is 2.05 bits per heavy atom. The second-order valence-corrected chi connectivity index (χ2v) is 6.46. The van der Waals surface area contributed by atoms with Crippen molar-refractivity contribution >= 4 is 27.3 Å². The molecule has 8 heteroatoms. The van der Waals surface area contributed by atoms with Gasteiger partial charge in [-0.3, -0.25) is 0 Å². The van der Waals surface area contributed by atoms with E-state index in [1.165, 1.54) is 26.4 Å². The summed E-state index contributed by atoms with van der Waals surface area (Å²) < 4.78 is 36.7. The monoisotopic (exact) mass is 322 g/mol. The summed E-state index contributed by atoms with van der Waals surface area (Å²) in [7, 11) is -0.696. The Bertz CT molecular complexity index is 540. The highest BCUT2D eigenvalue weighted by Crippen LogP contribution is 2.25. The van der Waals surface area contributed by atoms with Crippen molar-refractivity contribution in [1.82, 2.24) is 4.72 Å². The lowest BCUT2D eigenvalue weighted by Gasteiger charge is -2.15. The van der Waals surface area contributed by atoms with Crippen molar-refractivity contribution in [3.05, 3.63) is 22.7 Å². The lowest BCUT2D eigenvalue weighted by atomic mass is 10.2. The number of nitrogens with one attached hydrogen (secondary N) is 1. The lowest BCUT2D eigenvalue weighted by Crippen LogP contribution is -2.35. The van der Waals surface area contributed by atoms with E-state index in [0.717, 1.165) is 0 Å². The number of ether oxygens (including phenoxy) is 2. The Hall–Kier alpha value is -0.860. The molecule has 0 heterocycles. The molecule has 0 spiro atoms. The van der Waals surface area contributed by atoms with E-state index in [1.54, 1.807) is 6.92 Å². The number of anilines is 1. The molecule has 0 aliphatic heterocycles. The summed E-state index contributed by atoms with van der Waals surface area (Å²) in [6.45, 7) is 2.11. The first-order valence-corrected chi connectivity index (χ1v) is 7.75. The van der Waals surface area contributed by atoms with E-state index in [0.29, 0.717) is 16.3 Å². The van der Waals surface area contributed by atoms with Crippen molar-refractivity contribution in [2.24, 2.45) is 0 Å². The summed E-state index contributed by atoms with van der Waals surface area (Å²) >= 11 is 5.95. The molecule has 114 valence electrons. The third kappa shape index (κ3) is 4.32. The molecule has 1 aromatic carbocycles. The van der Waals surface area contributed by atoms with Gasteiger partial charge in [0, 0.05) is 31.5 Å². The van der Waals surface area contributed by atoms with Crippen molar-refractivity contribution in [3.63, 3.8) is 0 Å². The van der Waals surface area contributed by atoms with E-state index in [9.17, 15) is 8.42 Å². The third-order valence-corrected chi connectivity index (χ3v) is 4.65. The number of hydrogen-bond acceptors (Lipinski definition) is 5. The zero-order chi connectivity index (χ0) is 15.3. The van der Waals surface area contributed by atoms with Gasteiger partial charge in [0.2, 0.25) is 10.0 Å². The molecule has 0 saturated heterocycles. The minimum Gasteiger partial charge on any atom is -0.398 e. The molecule has 6 nitrogen and oxygen atoms in total. The van der Waals surface area contributed by atoms with Crippen molar-refractivity contribution in [2.45, 2.75) is 17.9 Å². The van der Waals surface area contributed by atoms with Gasteiger partial charge in [0.25, 0.3) is 0 Å². The molecule has 0 fully saturated rings. The molecule has 1 atom stereocenters. The van der Waals surface area contributed by atoms with E-state index in [2.05, 4.69) is 4.72 Å². The van der Waals surface area contributed by atoms with Crippen LogP contribution in [0.1, 0.15) is 5.56 Å². The Balaban J connectivity index is 2.89. The molecule has 1 aromatic rings. The van der Waals surface area contributed by atoms with E-state index in [1.807, 2.05) is 0 Å². The number of hydrogen-bond donors (Lipinski definition) is 2. The average Bonchev–Trinajstić information content (AvgIpc) is 2.40. The predicted molar refractivity (Wildman–Crippen MR) is 78.5 cm³/mol. The fraction of sp³-hybridized carbons (Fsp3) is 0.500. The summed E-state index contributed by atoms with van der Waals surface area (Å²) in [6.07, 6.45) is -0.368. The van der Waals surface area contributed by atoms with E-state index < -0.39 is 10.0 Å². The summed E-state index contributed by atoms with van der Waals surface area (Å²) in [4.78, 5) is 0.0258. The van der Waals surface area contributed by atoms with Crippen molar-refractivity contribution in [2.75, 3.05) is 33.1 Å². The minimum atomic E-state index is -3.70. The van der Waals surface area contributed by atoms with Crippen LogP contribution < -0.4 is 10.5 Å². The lowest BCUT2D eigenvalue weighted by molar-refractivity contribution is 0.0320. The number of nitrogens with two attached hydrogens (primary N) is 1. The largest absolute Gasteiger partial charge is 0.398 e. The maximum atomic E-state index is 12.2. The Kier molecular flexibility index (Phi) is 6.22. The summed E-state index contributed by atoms with van der Waals surface area (Å²) in [5.41, 5.74) is 6.71. The Labute approximate surface area is 124 Å². The highest BCUT2D eigenvalue weighted by molar-refractivity contribution is 7.89. The van der Waals surface area contributed by atoms with Gasteiger partial charge >= 0.3 is 0 Å². The molecule has 1 rings (SSSR count). The van der Waals surface area contributed by atoms with Gasteiger partial charge in [-0.2, -0.15) is 0 Å². The molecule has 0 aliphatic carbocycles. The molecular weight excluding hydrogens is 304 g/mol. The van der Waals surface area contributed by atoms with Crippen LogP contribution in [0.5, 0.6) is 0 Å². The second-order valence-electron chi connectivity index (χ2n) is 4.28. The fourth-order valence-corrected chi connectivity index (χ4v) is 2.93. The smallest absolute Gasteiger partial charge is 0.240 e. The van der Waals surface area contributed by atoms with Crippen LogP contribution in [0.3, 0.4) is 0 Å². The number of rotatable bonds is 7. The number of methoxy groups -OCH3 is 2. The number of benzene rings is 1. The van der Waals surface area contributed by atoms with Crippen molar-refractivity contribution in [1.29, 1.82) is 0 Å².